The van der Waals surface area contributed by atoms with Crippen LogP contribution in [0, 0.1) is 0 Å². The second kappa shape index (κ2) is 11.5. The third kappa shape index (κ3) is 5.92. The monoisotopic (exact) mass is 533 g/mol. The number of anilines is 2. The number of hydrogen-bond donors (Lipinski definition) is 2. The molecule has 0 unspecified atom stereocenters. The number of benzene rings is 4. The second-order valence-electron chi connectivity index (χ2n) is 9.92. The van der Waals surface area contributed by atoms with Gasteiger partial charge >= 0.3 is 0 Å². The van der Waals surface area contributed by atoms with Crippen molar-refractivity contribution < 1.29 is 14.3 Å². The summed E-state index contributed by atoms with van der Waals surface area (Å²) < 4.78 is 11.9. The van der Waals surface area contributed by atoms with Crippen LogP contribution in [0.3, 0.4) is 0 Å². The molecular formula is C32H31N5O3. The van der Waals surface area contributed by atoms with Crippen LogP contribution in [0.1, 0.15) is 15.9 Å². The molecule has 0 aliphatic carbocycles. The maximum Gasteiger partial charge on any atom is 0.256 e. The number of fused-ring (bicyclic) bond motifs is 1. The Labute approximate surface area is 233 Å². The Kier molecular flexibility index (Phi) is 7.32. The van der Waals surface area contributed by atoms with Gasteiger partial charge in [-0.3, -0.25) is 9.89 Å². The number of H-pyrrole nitrogens is 1. The first-order chi connectivity index (χ1) is 19.6. The third-order valence-electron chi connectivity index (χ3n) is 7.07. The highest BCUT2D eigenvalue weighted by molar-refractivity contribution is 6.08. The molecule has 8 nitrogen and oxygen atoms in total. The van der Waals surface area contributed by atoms with E-state index in [1.165, 1.54) is 0 Å². The molecule has 6 rings (SSSR count). The summed E-state index contributed by atoms with van der Waals surface area (Å²) in [4.78, 5) is 17.7. The first kappa shape index (κ1) is 25.5. The van der Waals surface area contributed by atoms with Gasteiger partial charge in [-0.15, -0.1) is 0 Å². The number of carbonyl (C=O) groups excluding carboxylic acids is 1. The van der Waals surface area contributed by atoms with Gasteiger partial charge in [0.25, 0.3) is 5.91 Å². The Morgan fingerprint density at radius 2 is 1.55 bits per heavy atom. The minimum absolute atomic E-state index is 0.212. The molecule has 1 aliphatic rings. The molecule has 2 N–H and O–H groups in total. The van der Waals surface area contributed by atoms with Gasteiger partial charge in [0.1, 0.15) is 23.9 Å². The SMILES string of the molecule is CN1CCN(c2ccc(C(=O)Nc3n[nH]c4ccc(Oc5ccc(OCc6ccccc6)cc5)cc34)cc2)CC1. The van der Waals surface area contributed by atoms with E-state index in [4.69, 9.17) is 9.47 Å². The fraction of sp³-hybridized carbons (Fsp3) is 0.188. The van der Waals surface area contributed by atoms with Crippen LogP contribution >= 0.6 is 0 Å². The smallest absolute Gasteiger partial charge is 0.256 e. The van der Waals surface area contributed by atoms with E-state index < -0.39 is 0 Å². The summed E-state index contributed by atoms with van der Waals surface area (Å²) >= 11 is 0. The minimum atomic E-state index is -0.212. The van der Waals surface area contributed by atoms with E-state index in [0.717, 1.165) is 54.1 Å². The quantitative estimate of drug-likeness (QED) is 0.257. The Morgan fingerprint density at radius 3 is 2.30 bits per heavy atom. The highest BCUT2D eigenvalue weighted by Gasteiger charge is 2.16. The molecule has 0 spiro atoms. The molecule has 40 heavy (non-hydrogen) atoms. The summed E-state index contributed by atoms with van der Waals surface area (Å²) in [5.74, 6) is 2.33. The minimum Gasteiger partial charge on any atom is -0.489 e. The summed E-state index contributed by atoms with van der Waals surface area (Å²) in [6.45, 7) is 4.55. The largest absolute Gasteiger partial charge is 0.489 e. The highest BCUT2D eigenvalue weighted by Crippen LogP contribution is 2.30. The Hall–Kier alpha value is -4.82. The van der Waals surface area contributed by atoms with Gasteiger partial charge in [-0.25, -0.2) is 0 Å². The first-order valence-corrected chi connectivity index (χ1v) is 13.4. The lowest BCUT2D eigenvalue weighted by Crippen LogP contribution is -2.44. The molecule has 202 valence electrons. The fourth-order valence-electron chi connectivity index (χ4n) is 4.70. The third-order valence-corrected chi connectivity index (χ3v) is 7.07. The molecule has 2 heterocycles. The summed E-state index contributed by atoms with van der Waals surface area (Å²) in [6.07, 6.45) is 0. The number of rotatable bonds is 8. The molecule has 1 aliphatic heterocycles. The average Bonchev–Trinajstić information content (AvgIpc) is 3.39. The van der Waals surface area contributed by atoms with Gasteiger partial charge in [0.15, 0.2) is 5.82 Å². The van der Waals surface area contributed by atoms with Crippen molar-refractivity contribution in [1.82, 2.24) is 15.1 Å². The summed E-state index contributed by atoms with van der Waals surface area (Å²) in [6, 6.07) is 30.9. The van der Waals surface area contributed by atoms with Gasteiger partial charge in [0.05, 0.1) is 5.52 Å². The zero-order valence-electron chi connectivity index (χ0n) is 22.3. The lowest BCUT2D eigenvalue weighted by Gasteiger charge is -2.34. The van der Waals surface area contributed by atoms with Crippen molar-refractivity contribution in [2.45, 2.75) is 6.61 Å². The Morgan fingerprint density at radius 1 is 0.850 bits per heavy atom. The molecule has 8 heteroatoms. The number of amides is 1. The molecule has 0 atom stereocenters. The normalized spacial score (nSPS) is 13.8. The predicted molar refractivity (Wildman–Crippen MR) is 157 cm³/mol. The van der Waals surface area contributed by atoms with E-state index >= 15 is 0 Å². The number of nitrogens with zero attached hydrogens (tertiary/aromatic N) is 3. The summed E-state index contributed by atoms with van der Waals surface area (Å²) in [7, 11) is 2.14. The van der Waals surface area contributed by atoms with E-state index in [0.29, 0.717) is 29.5 Å². The van der Waals surface area contributed by atoms with Gasteiger partial charge in [0, 0.05) is 42.8 Å². The van der Waals surface area contributed by atoms with Gasteiger partial charge in [-0.1, -0.05) is 30.3 Å². The van der Waals surface area contributed by atoms with Crippen LogP contribution in [0.5, 0.6) is 17.2 Å². The lowest BCUT2D eigenvalue weighted by atomic mass is 10.1. The molecule has 1 aromatic heterocycles. The van der Waals surface area contributed by atoms with Gasteiger partial charge in [0.2, 0.25) is 0 Å². The standard InChI is InChI=1S/C32H31N5O3/c1-36-17-19-37(20-18-36)25-9-7-24(8-10-25)32(38)33-31-29-21-28(15-16-30(29)34-35-31)40-27-13-11-26(12-14-27)39-22-23-5-3-2-4-6-23/h2-16,21H,17-20,22H2,1H3,(H2,33,34,35,38). The van der Waals surface area contributed by atoms with Crippen molar-refractivity contribution in [3.05, 3.63) is 108 Å². The van der Waals surface area contributed by atoms with Crippen molar-refractivity contribution in [2.24, 2.45) is 0 Å². The zero-order valence-corrected chi connectivity index (χ0v) is 22.3. The van der Waals surface area contributed by atoms with E-state index in [-0.39, 0.29) is 5.91 Å². The number of carbonyl (C=O) groups is 1. The number of hydrogen-bond acceptors (Lipinski definition) is 6. The fourth-order valence-corrected chi connectivity index (χ4v) is 4.70. The van der Waals surface area contributed by atoms with Crippen molar-refractivity contribution in [3.8, 4) is 17.2 Å². The second-order valence-corrected chi connectivity index (χ2v) is 9.92. The molecule has 1 saturated heterocycles. The highest BCUT2D eigenvalue weighted by atomic mass is 16.5. The van der Waals surface area contributed by atoms with Crippen LogP contribution in [0.25, 0.3) is 10.9 Å². The van der Waals surface area contributed by atoms with E-state index in [9.17, 15) is 4.79 Å². The number of aromatic amines is 1. The average molecular weight is 534 g/mol. The van der Waals surface area contributed by atoms with Crippen LogP contribution in [-0.2, 0) is 6.61 Å². The van der Waals surface area contributed by atoms with E-state index in [1.54, 1.807) is 0 Å². The van der Waals surface area contributed by atoms with E-state index in [1.807, 2.05) is 97.1 Å². The van der Waals surface area contributed by atoms with Crippen LogP contribution in [-0.4, -0.2) is 54.2 Å². The molecular weight excluding hydrogens is 502 g/mol. The van der Waals surface area contributed by atoms with Crippen LogP contribution < -0.4 is 19.7 Å². The Bertz CT molecular complexity index is 1580. The molecule has 0 saturated carbocycles. The van der Waals surface area contributed by atoms with Crippen molar-refractivity contribution in [1.29, 1.82) is 0 Å². The molecule has 4 aromatic carbocycles. The number of ether oxygens (including phenoxy) is 2. The molecule has 0 bridgehead atoms. The zero-order chi connectivity index (χ0) is 27.3. The van der Waals surface area contributed by atoms with Gasteiger partial charge in [-0.2, -0.15) is 5.10 Å². The number of piperazine rings is 1. The molecule has 1 fully saturated rings. The van der Waals surface area contributed by atoms with Crippen molar-refractivity contribution in [3.63, 3.8) is 0 Å². The Balaban J connectivity index is 1.09. The summed E-state index contributed by atoms with van der Waals surface area (Å²) in [5, 5.41) is 11.0. The number of likely N-dealkylation sites (N-methyl/N-ethyl adjacent to an activating group) is 1. The first-order valence-electron chi connectivity index (χ1n) is 13.4. The predicted octanol–water partition coefficient (Wildman–Crippen LogP) is 5.94. The molecule has 1 amide bonds. The van der Waals surface area contributed by atoms with E-state index in [2.05, 4.69) is 32.4 Å². The van der Waals surface area contributed by atoms with Crippen LogP contribution in [0.2, 0.25) is 0 Å². The van der Waals surface area contributed by atoms with Gasteiger partial charge in [-0.05, 0) is 79.3 Å². The maximum absolute atomic E-state index is 13.0. The maximum atomic E-state index is 13.0. The molecule has 5 aromatic rings. The number of aromatic nitrogens is 2. The van der Waals surface area contributed by atoms with Crippen LogP contribution in [0.15, 0.2) is 97.1 Å². The van der Waals surface area contributed by atoms with Gasteiger partial charge < -0.3 is 24.6 Å². The van der Waals surface area contributed by atoms with Crippen molar-refractivity contribution >= 4 is 28.3 Å². The van der Waals surface area contributed by atoms with Crippen molar-refractivity contribution in [2.75, 3.05) is 43.4 Å². The number of nitrogens with one attached hydrogen (secondary N) is 2. The lowest BCUT2D eigenvalue weighted by molar-refractivity contribution is 0.102. The topological polar surface area (TPSA) is 82.7 Å². The summed E-state index contributed by atoms with van der Waals surface area (Å²) in [5.41, 5.74) is 3.63. The molecule has 0 radical (unpaired) electrons. The van der Waals surface area contributed by atoms with Crippen LogP contribution in [0.4, 0.5) is 11.5 Å².